The molecule has 0 fully saturated rings. The summed E-state index contributed by atoms with van der Waals surface area (Å²) in [6, 6.07) is 7.79. The Hall–Kier alpha value is -2.57. The second-order valence-corrected chi connectivity index (χ2v) is 4.95. The van der Waals surface area contributed by atoms with Crippen molar-refractivity contribution in [3.8, 4) is 12.1 Å². The monoisotopic (exact) mass is 269 g/mol. The number of hydrogen-bond donors (Lipinski definition) is 2. The molecule has 0 spiro atoms. The van der Waals surface area contributed by atoms with Crippen LogP contribution in [0, 0.1) is 22.7 Å². The number of pyridine rings is 1. The molecule has 0 bridgehead atoms. The van der Waals surface area contributed by atoms with Crippen molar-refractivity contribution in [2.45, 2.75) is 13.0 Å². The number of thiophene rings is 1. The fraction of sp³-hybridized carbons (Fsp3) is 0.154. The lowest BCUT2D eigenvalue weighted by Gasteiger charge is -2.13. The Bertz CT molecular complexity index is 663. The zero-order valence-corrected chi connectivity index (χ0v) is 11.0. The average Bonchev–Trinajstić information content (AvgIpc) is 2.75. The average molecular weight is 269 g/mol. The third kappa shape index (κ3) is 2.49. The Kier molecular flexibility index (Phi) is 3.65. The van der Waals surface area contributed by atoms with Crippen LogP contribution >= 0.6 is 11.3 Å². The maximum atomic E-state index is 9.11. The first-order chi connectivity index (χ1) is 9.17. The van der Waals surface area contributed by atoms with Crippen LogP contribution in [-0.4, -0.2) is 4.98 Å². The first-order valence-electron chi connectivity index (χ1n) is 5.56. The zero-order valence-electron chi connectivity index (χ0n) is 10.2. The number of nitriles is 2. The second-order valence-electron chi connectivity index (χ2n) is 3.92. The summed E-state index contributed by atoms with van der Waals surface area (Å²) in [6.07, 6.45) is 3.46. The molecule has 2 aromatic heterocycles. The van der Waals surface area contributed by atoms with E-state index < -0.39 is 0 Å². The molecular formula is C13H11N5S. The van der Waals surface area contributed by atoms with E-state index in [2.05, 4.69) is 10.3 Å². The van der Waals surface area contributed by atoms with E-state index in [1.807, 2.05) is 31.2 Å². The van der Waals surface area contributed by atoms with E-state index >= 15 is 0 Å². The van der Waals surface area contributed by atoms with Crippen LogP contribution in [0.1, 0.15) is 29.0 Å². The van der Waals surface area contributed by atoms with Gasteiger partial charge in [0.25, 0.3) is 0 Å². The van der Waals surface area contributed by atoms with Gasteiger partial charge in [-0.25, -0.2) is 0 Å². The maximum Gasteiger partial charge on any atom is 0.131 e. The van der Waals surface area contributed by atoms with Crippen LogP contribution in [-0.2, 0) is 0 Å². The van der Waals surface area contributed by atoms with Gasteiger partial charge in [-0.2, -0.15) is 10.5 Å². The van der Waals surface area contributed by atoms with Crippen LogP contribution in [0.5, 0.6) is 0 Å². The minimum absolute atomic E-state index is 0.0228. The highest BCUT2D eigenvalue weighted by atomic mass is 32.1. The van der Waals surface area contributed by atoms with E-state index in [1.54, 1.807) is 12.4 Å². The van der Waals surface area contributed by atoms with Gasteiger partial charge in [-0.1, -0.05) is 6.07 Å². The first kappa shape index (κ1) is 12.9. The molecule has 1 unspecified atom stereocenters. The number of anilines is 2. The lowest BCUT2D eigenvalue weighted by atomic mass is 10.1. The third-order valence-electron chi connectivity index (χ3n) is 2.69. The van der Waals surface area contributed by atoms with E-state index in [9.17, 15) is 0 Å². The molecule has 0 aliphatic heterocycles. The molecule has 0 aliphatic carbocycles. The van der Waals surface area contributed by atoms with Gasteiger partial charge in [0.1, 0.15) is 27.6 Å². The van der Waals surface area contributed by atoms with Crippen molar-refractivity contribution >= 4 is 22.0 Å². The Morgan fingerprint density at radius 1 is 1.42 bits per heavy atom. The van der Waals surface area contributed by atoms with Crippen LogP contribution in [0.15, 0.2) is 24.5 Å². The summed E-state index contributed by atoms with van der Waals surface area (Å²) in [5.41, 5.74) is 7.33. The van der Waals surface area contributed by atoms with Crippen molar-refractivity contribution in [1.29, 1.82) is 10.5 Å². The zero-order chi connectivity index (χ0) is 13.8. The number of hydrogen-bond acceptors (Lipinski definition) is 6. The maximum absolute atomic E-state index is 9.11. The highest BCUT2D eigenvalue weighted by molar-refractivity contribution is 7.17. The molecule has 0 saturated heterocycles. The van der Waals surface area contributed by atoms with Gasteiger partial charge in [0.15, 0.2) is 0 Å². The normalized spacial score (nSPS) is 11.3. The molecule has 2 rings (SSSR count). The van der Waals surface area contributed by atoms with Crippen LogP contribution in [0.3, 0.4) is 0 Å². The molecule has 0 radical (unpaired) electrons. The van der Waals surface area contributed by atoms with Crippen LogP contribution < -0.4 is 11.1 Å². The van der Waals surface area contributed by atoms with Crippen LogP contribution in [0.25, 0.3) is 0 Å². The largest absolute Gasteiger partial charge is 0.396 e. The molecule has 2 heterocycles. The standard InChI is InChI=1S/C13H11N5S/c1-8(9-3-2-4-17-7-9)18-13-10(5-14)12(16)11(6-15)19-13/h2-4,7-8,18H,16H2,1H3. The molecule has 3 N–H and O–H groups in total. The predicted octanol–water partition coefficient (Wildman–Crippen LogP) is 2.64. The van der Waals surface area contributed by atoms with Gasteiger partial charge < -0.3 is 11.1 Å². The highest BCUT2D eigenvalue weighted by Gasteiger charge is 2.17. The Morgan fingerprint density at radius 2 is 2.21 bits per heavy atom. The molecule has 1 atom stereocenters. The molecule has 0 aliphatic rings. The summed E-state index contributed by atoms with van der Waals surface area (Å²) in [5, 5.41) is 21.9. The number of nitrogens with zero attached hydrogens (tertiary/aromatic N) is 3. The summed E-state index contributed by atoms with van der Waals surface area (Å²) < 4.78 is 0. The SMILES string of the molecule is CC(Nc1sc(C#N)c(N)c1C#N)c1cccnc1. The van der Waals surface area contributed by atoms with E-state index in [0.29, 0.717) is 15.4 Å². The second kappa shape index (κ2) is 5.38. The van der Waals surface area contributed by atoms with E-state index in [0.717, 1.165) is 5.56 Å². The molecule has 94 valence electrons. The Labute approximate surface area is 114 Å². The minimum atomic E-state index is -0.0228. The Morgan fingerprint density at radius 3 is 2.79 bits per heavy atom. The molecular weight excluding hydrogens is 258 g/mol. The molecule has 5 nitrogen and oxygen atoms in total. The smallest absolute Gasteiger partial charge is 0.131 e. The van der Waals surface area contributed by atoms with Crippen molar-refractivity contribution in [3.63, 3.8) is 0 Å². The first-order valence-corrected chi connectivity index (χ1v) is 6.38. The number of rotatable bonds is 3. The van der Waals surface area contributed by atoms with Gasteiger partial charge in [-0.05, 0) is 18.6 Å². The molecule has 0 amide bonds. The topological polar surface area (TPSA) is 98.5 Å². The van der Waals surface area contributed by atoms with E-state index in [4.69, 9.17) is 16.3 Å². The van der Waals surface area contributed by atoms with E-state index in [1.165, 1.54) is 11.3 Å². The number of aromatic nitrogens is 1. The van der Waals surface area contributed by atoms with Crippen LogP contribution in [0.2, 0.25) is 0 Å². The van der Waals surface area contributed by atoms with Gasteiger partial charge >= 0.3 is 0 Å². The lowest BCUT2D eigenvalue weighted by Crippen LogP contribution is -2.06. The highest BCUT2D eigenvalue weighted by Crippen LogP contribution is 2.36. The molecule has 6 heteroatoms. The lowest BCUT2D eigenvalue weighted by molar-refractivity contribution is 0.879. The van der Waals surface area contributed by atoms with Gasteiger partial charge in [-0.15, -0.1) is 11.3 Å². The van der Waals surface area contributed by atoms with Crippen molar-refractivity contribution in [2.75, 3.05) is 11.1 Å². The molecule has 0 aromatic carbocycles. The van der Waals surface area contributed by atoms with Crippen LogP contribution in [0.4, 0.5) is 10.7 Å². The summed E-state index contributed by atoms with van der Waals surface area (Å²) in [7, 11) is 0. The summed E-state index contributed by atoms with van der Waals surface area (Å²) in [5.74, 6) is 0. The summed E-state index contributed by atoms with van der Waals surface area (Å²) in [6.45, 7) is 1.96. The van der Waals surface area contributed by atoms with Crippen molar-refractivity contribution in [2.24, 2.45) is 0 Å². The predicted molar refractivity (Wildman–Crippen MR) is 74.4 cm³/mol. The molecule has 0 saturated carbocycles. The minimum Gasteiger partial charge on any atom is -0.396 e. The van der Waals surface area contributed by atoms with Gasteiger partial charge in [0.2, 0.25) is 0 Å². The third-order valence-corrected chi connectivity index (χ3v) is 3.73. The van der Waals surface area contributed by atoms with Gasteiger partial charge in [-0.3, -0.25) is 4.98 Å². The fourth-order valence-electron chi connectivity index (χ4n) is 1.65. The molecule has 19 heavy (non-hydrogen) atoms. The van der Waals surface area contributed by atoms with Crippen molar-refractivity contribution < 1.29 is 0 Å². The Balaban J connectivity index is 2.30. The van der Waals surface area contributed by atoms with Gasteiger partial charge in [0, 0.05) is 12.4 Å². The number of nitrogens with two attached hydrogens (primary N) is 1. The van der Waals surface area contributed by atoms with Crippen molar-refractivity contribution in [3.05, 3.63) is 40.5 Å². The quantitative estimate of drug-likeness (QED) is 0.892. The fourth-order valence-corrected chi connectivity index (χ4v) is 2.61. The number of nitrogens with one attached hydrogen (secondary N) is 1. The van der Waals surface area contributed by atoms with E-state index in [-0.39, 0.29) is 11.7 Å². The summed E-state index contributed by atoms with van der Waals surface area (Å²) in [4.78, 5) is 4.41. The van der Waals surface area contributed by atoms with Crippen molar-refractivity contribution in [1.82, 2.24) is 4.98 Å². The molecule has 2 aromatic rings. The number of nitrogen functional groups attached to an aromatic ring is 1. The summed E-state index contributed by atoms with van der Waals surface area (Å²) >= 11 is 1.19. The van der Waals surface area contributed by atoms with Gasteiger partial charge in [0.05, 0.1) is 11.7 Å².